The summed E-state index contributed by atoms with van der Waals surface area (Å²) in [5, 5.41) is 24.3. The molecule has 3 amide bonds. The summed E-state index contributed by atoms with van der Waals surface area (Å²) in [6.45, 7) is 0.296. The molecule has 3 rings (SSSR count). The van der Waals surface area contributed by atoms with E-state index in [9.17, 15) is 34.2 Å². The number of aromatic nitrogens is 1. The normalized spacial score (nSPS) is 17.5. The molecule has 38 heavy (non-hydrogen) atoms. The highest BCUT2D eigenvalue weighted by Crippen LogP contribution is 2.22. The smallest absolute Gasteiger partial charge is 0.326 e. The van der Waals surface area contributed by atoms with Crippen LogP contribution in [0.3, 0.4) is 0 Å². The van der Waals surface area contributed by atoms with Gasteiger partial charge in [0, 0.05) is 23.6 Å². The van der Waals surface area contributed by atoms with Gasteiger partial charge in [-0.25, -0.2) is 4.79 Å². The van der Waals surface area contributed by atoms with Crippen LogP contribution in [0.2, 0.25) is 0 Å². The highest BCUT2D eigenvalue weighted by molar-refractivity contribution is 7.98. The number of nitrogens with zero attached hydrogens (tertiary/aromatic N) is 1. The molecule has 1 saturated heterocycles. The number of nitrogens with one attached hydrogen (secondary N) is 3. The molecular weight excluding hydrogens is 514 g/mol. The van der Waals surface area contributed by atoms with Gasteiger partial charge in [0.2, 0.25) is 17.7 Å². The molecule has 2 aromatic rings. The summed E-state index contributed by atoms with van der Waals surface area (Å²) in [7, 11) is 0. The van der Waals surface area contributed by atoms with Gasteiger partial charge in [-0.1, -0.05) is 18.2 Å². The van der Waals surface area contributed by atoms with E-state index in [1.165, 1.54) is 16.7 Å². The van der Waals surface area contributed by atoms with Gasteiger partial charge < -0.3 is 36.5 Å². The van der Waals surface area contributed by atoms with Crippen molar-refractivity contribution in [2.45, 2.75) is 56.3 Å². The molecule has 4 unspecified atom stereocenters. The molecule has 1 aromatic heterocycles. The number of hydrogen-bond donors (Lipinski definition) is 6. The number of nitrogens with two attached hydrogens (primary N) is 1. The lowest BCUT2D eigenvalue weighted by Gasteiger charge is -2.28. The number of likely N-dealkylation sites (tertiary alicyclic amines) is 1. The predicted octanol–water partition coefficient (Wildman–Crippen LogP) is 0.311. The van der Waals surface area contributed by atoms with Gasteiger partial charge in [0.25, 0.3) is 0 Å². The van der Waals surface area contributed by atoms with E-state index in [-0.39, 0.29) is 12.8 Å². The molecule has 13 heteroatoms. The number of aliphatic carboxylic acids is 2. The highest BCUT2D eigenvalue weighted by Gasteiger charge is 2.38. The van der Waals surface area contributed by atoms with Gasteiger partial charge in [0.15, 0.2) is 0 Å². The zero-order valence-corrected chi connectivity index (χ0v) is 21.8. The molecule has 1 aliphatic rings. The van der Waals surface area contributed by atoms with Crippen LogP contribution in [0.15, 0.2) is 30.5 Å². The van der Waals surface area contributed by atoms with Crippen molar-refractivity contribution in [1.82, 2.24) is 20.5 Å². The van der Waals surface area contributed by atoms with Gasteiger partial charge in [-0.05, 0) is 49.3 Å². The first-order chi connectivity index (χ1) is 18.1. The van der Waals surface area contributed by atoms with Crippen molar-refractivity contribution in [3.05, 3.63) is 36.0 Å². The molecule has 1 aromatic carbocycles. The van der Waals surface area contributed by atoms with Crippen molar-refractivity contribution in [2.75, 3.05) is 18.6 Å². The number of hydrogen-bond acceptors (Lipinski definition) is 7. The van der Waals surface area contributed by atoms with Crippen molar-refractivity contribution >= 4 is 52.3 Å². The number of para-hydroxylation sites is 1. The van der Waals surface area contributed by atoms with Crippen LogP contribution in [-0.4, -0.2) is 92.5 Å². The second-order valence-corrected chi connectivity index (χ2v) is 10.2. The maximum atomic E-state index is 13.2. The van der Waals surface area contributed by atoms with E-state index in [2.05, 4.69) is 15.6 Å². The molecule has 0 radical (unpaired) electrons. The highest BCUT2D eigenvalue weighted by atomic mass is 32.2. The minimum absolute atomic E-state index is 0.134. The lowest BCUT2D eigenvalue weighted by atomic mass is 10.0. The Hall–Kier alpha value is -3.58. The maximum absolute atomic E-state index is 13.2. The average Bonchev–Trinajstić information content (AvgIpc) is 3.53. The van der Waals surface area contributed by atoms with Crippen molar-refractivity contribution < 1.29 is 34.2 Å². The minimum Gasteiger partial charge on any atom is -0.481 e. The molecule has 1 aliphatic heterocycles. The first-order valence-corrected chi connectivity index (χ1v) is 13.7. The van der Waals surface area contributed by atoms with Crippen molar-refractivity contribution in [3.8, 4) is 0 Å². The lowest BCUT2D eigenvalue weighted by Crippen LogP contribution is -2.57. The first-order valence-electron chi connectivity index (χ1n) is 12.3. The Bertz CT molecular complexity index is 1190. The van der Waals surface area contributed by atoms with Crippen LogP contribution < -0.4 is 16.4 Å². The second-order valence-electron chi connectivity index (χ2n) is 9.20. The number of benzene rings is 1. The molecule has 12 nitrogen and oxygen atoms in total. The van der Waals surface area contributed by atoms with Gasteiger partial charge in [-0.3, -0.25) is 19.2 Å². The number of carbonyl (C=O) groups is 5. The topological polar surface area (TPSA) is 195 Å². The van der Waals surface area contributed by atoms with E-state index in [1.807, 2.05) is 24.3 Å². The Labute approximate surface area is 223 Å². The van der Waals surface area contributed by atoms with Crippen LogP contribution in [0.4, 0.5) is 0 Å². The Morgan fingerprint density at radius 3 is 2.58 bits per heavy atom. The lowest BCUT2D eigenvalue weighted by molar-refractivity contribution is -0.144. The monoisotopic (exact) mass is 547 g/mol. The Morgan fingerprint density at radius 1 is 1.16 bits per heavy atom. The van der Waals surface area contributed by atoms with Gasteiger partial charge in [0.05, 0.1) is 12.5 Å². The Morgan fingerprint density at radius 2 is 1.89 bits per heavy atom. The third kappa shape index (κ3) is 7.25. The molecule has 1 fully saturated rings. The summed E-state index contributed by atoms with van der Waals surface area (Å²) in [5.41, 5.74) is 8.03. The first kappa shape index (κ1) is 29.0. The van der Waals surface area contributed by atoms with Crippen LogP contribution in [-0.2, 0) is 30.4 Å². The molecule has 4 atom stereocenters. The van der Waals surface area contributed by atoms with Gasteiger partial charge in [0.1, 0.15) is 18.1 Å². The molecule has 7 N–H and O–H groups in total. The summed E-state index contributed by atoms with van der Waals surface area (Å²) in [4.78, 5) is 66.5. The number of thioether (sulfide) groups is 1. The van der Waals surface area contributed by atoms with Crippen LogP contribution in [0.5, 0.6) is 0 Å². The fourth-order valence-electron chi connectivity index (χ4n) is 4.56. The van der Waals surface area contributed by atoms with Gasteiger partial charge in [-0.2, -0.15) is 11.8 Å². The fourth-order valence-corrected chi connectivity index (χ4v) is 5.03. The minimum atomic E-state index is -1.51. The number of amides is 3. The third-order valence-corrected chi connectivity index (χ3v) is 7.15. The number of H-pyrrole nitrogens is 1. The van der Waals surface area contributed by atoms with E-state index < -0.39 is 60.2 Å². The van der Waals surface area contributed by atoms with Gasteiger partial charge in [-0.15, -0.1) is 0 Å². The van der Waals surface area contributed by atoms with Crippen LogP contribution in [0.25, 0.3) is 10.9 Å². The van der Waals surface area contributed by atoms with Crippen molar-refractivity contribution in [3.63, 3.8) is 0 Å². The van der Waals surface area contributed by atoms with E-state index in [0.29, 0.717) is 25.1 Å². The maximum Gasteiger partial charge on any atom is 0.326 e. The number of fused-ring (bicyclic) bond motifs is 1. The van der Waals surface area contributed by atoms with Gasteiger partial charge >= 0.3 is 11.9 Å². The summed E-state index contributed by atoms with van der Waals surface area (Å²) >= 11 is 1.40. The molecule has 0 spiro atoms. The Kier molecular flexibility index (Phi) is 10.1. The summed E-state index contributed by atoms with van der Waals surface area (Å²) in [5.74, 6) is -4.17. The molecular formula is C25H33N5O7S. The second kappa shape index (κ2) is 13.3. The SMILES string of the molecule is CSCCC(NC(=O)C(CC(=O)O)NC(=O)C1CCCN1C(=O)C(N)Cc1c[nH]c2ccccc12)C(=O)O. The zero-order valence-electron chi connectivity index (χ0n) is 21.0. The van der Waals surface area contributed by atoms with E-state index in [0.717, 1.165) is 16.5 Å². The number of aromatic amines is 1. The third-order valence-electron chi connectivity index (χ3n) is 6.51. The van der Waals surface area contributed by atoms with E-state index >= 15 is 0 Å². The standard InChI is InChI=1S/C25H33N5O7S/c1-38-10-8-18(25(36)37)28-22(33)19(12-21(31)32)29-23(34)20-7-4-9-30(20)24(35)16(26)11-14-13-27-17-6-3-2-5-15(14)17/h2-3,5-6,13,16,18-20,27H,4,7-12,26H2,1H3,(H,28,33)(H,29,34)(H,31,32)(H,36,37). The summed E-state index contributed by atoms with van der Waals surface area (Å²) in [6, 6.07) is 3.06. The van der Waals surface area contributed by atoms with Crippen LogP contribution in [0, 0.1) is 0 Å². The summed E-state index contributed by atoms with van der Waals surface area (Å²) in [6.07, 6.45) is 4.09. The summed E-state index contributed by atoms with van der Waals surface area (Å²) < 4.78 is 0. The molecule has 0 saturated carbocycles. The average molecular weight is 548 g/mol. The van der Waals surface area contributed by atoms with Crippen molar-refractivity contribution in [2.24, 2.45) is 5.73 Å². The van der Waals surface area contributed by atoms with Crippen LogP contribution >= 0.6 is 11.8 Å². The Balaban J connectivity index is 1.67. The van der Waals surface area contributed by atoms with Crippen molar-refractivity contribution in [1.29, 1.82) is 0 Å². The molecule has 0 aliphatic carbocycles. The molecule has 2 heterocycles. The van der Waals surface area contributed by atoms with Crippen LogP contribution in [0.1, 0.15) is 31.2 Å². The quantitative estimate of drug-likeness (QED) is 0.205. The zero-order chi connectivity index (χ0) is 27.8. The number of rotatable bonds is 13. The fraction of sp³-hybridized carbons (Fsp3) is 0.480. The largest absolute Gasteiger partial charge is 0.481 e. The number of carbonyl (C=O) groups excluding carboxylic acids is 3. The number of carboxylic acids is 2. The molecule has 0 bridgehead atoms. The molecule has 206 valence electrons. The van der Waals surface area contributed by atoms with E-state index in [4.69, 9.17) is 5.73 Å². The van der Waals surface area contributed by atoms with E-state index in [1.54, 1.807) is 12.5 Å². The predicted molar refractivity (Wildman–Crippen MR) is 141 cm³/mol. The number of carboxylic acid groups (broad SMARTS) is 2.